The minimum atomic E-state index is -0.822. The van der Waals surface area contributed by atoms with Crippen LogP contribution in [0.1, 0.15) is 37.4 Å². The van der Waals surface area contributed by atoms with Gasteiger partial charge in [-0.05, 0) is 44.2 Å². The minimum Gasteiger partial charge on any atom is -0.480 e. The number of hydrogen-bond donors (Lipinski definition) is 3. The Labute approximate surface area is 147 Å². The summed E-state index contributed by atoms with van der Waals surface area (Å²) in [7, 11) is 0. The largest absolute Gasteiger partial charge is 0.480 e. The Morgan fingerprint density at radius 3 is 3.00 bits per heavy atom. The van der Waals surface area contributed by atoms with E-state index in [1.165, 1.54) is 5.56 Å². The van der Waals surface area contributed by atoms with Crippen molar-refractivity contribution in [1.29, 1.82) is 0 Å². The summed E-state index contributed by atoms with van der Waals surface area (Å²) in [6, 6.07) is 3.77. The number of carbonyl (C=O) groups excluding carboxylic acids is 1. The molecule has 0 aromatic carbocycles. The fourth-order valence-electron chi connectivity index (χ4n) is 3.31. The van der Waals surface area contributed by atoms with E-state index < -0.39 is 12.0 Å². The van der Waals surface area contributed by atoms with Crippen LogP contribution in [-0.4, -0.2) is 58.6 Å². The van der Waals surface area contributed by atoms with Crippen LogP contribution in [0.15, 0.2) is 12.1 Å². The van der Waals surface area contributed by atoms with E-state index in [1.807, 2.05) is 4.90 Å². The van der Waals surface area contributed by atoms with E-state index in [0.29, 0.717) is 19.5 Å². The molecule has 7 nitrogen and oxygen atoms in total. The summed E-state index contributed by atoms with van der Waals surface area (Å²) in [6.45, 7) is 3.86. The molecule has 1 aromatic rings. The highest BCUT2D eigenvalue weighted by Crippen LogP contribution is 2.20. The number of carbonyl (C=O) groups is 2. The first-order valence-electron chi connectivity index (χ1n) is 9.02. The molecule has 1 atom stereocenters. The van der Waals surface area contributed by atoms with E-state index >= 15 is 0 Å². The molecule has 0 aliphatic carbocycles. The van der Waals surface area contributed by atoms with Crippen molar-refractivity contribution in [3.05, 3.63) is 23.4 Å². The zero-order valence-corrected chi connectivity index (χ0v) is 14.6. The topological polar surface area (TPSA) is 94.6 Å². The number of pyridine rings is 1. The lowest BCUT2D eigenvalue weighted by Gasteiger charge is -2.41. The van der Waals surface area contributed by atoms with Crippen LogP contribution in [0.5, 0.6) is 0 Å². The van der Waals surface area contributed by atoms with E-state index in [0.717, 1.165) is 43.7 Å². The molecular formula is C18H26N4O3. The predicted molar refractivity (Wildman–Crippen MR) is 94.6 cm³/mol. The van der Waals surface area contributed by atoms with Crippen LogP contribution in [0.2, 0.25) is 0 Å². The zero-order valence-electron chi connectivity index (χ0n) is 14.6. The van der Waals surface area contributed by atoms with Gasteiger partial charge in [0, 0.05) is 31.7 Å². The van der Waals surface area contributed by atoms with Gasteiger partial charge in [-0.3, -0.25) is 14.5 Å². The molecule has 3 heterocycles. The second-order valence-electron chi connectivity index (χ2n) is 6.93. The van der Waals surface area contributed by atoms with Gasteiger partial charge in [-0.2, -0.15) is 0 Å². The summed E-state index contributed by atoms with van der Waals surface area (Å²) in [5.74, 6) is 0.204. The van der Waals surface area contributed by atoms with E-state index in [4.69, 9.17) is 5.11 Å². The number of aromatic nitrogens is 1. The Bertz CT molecular complexity index is 643. The Morgan fingerprint density at radius 2 is 2.24 bits per heavy atom. The number of carboxylic acids is 1. The van der Waals surface area contributed by atoms with Crippen LogP contribution in [0.4, 0.5) is 5.82 Å². The molecule has 1 aromatic heterocycles. The van der Waals surface area contributed by atoms with Crippen molar-refractivity contribution in [1.82, 2.24) is 15.2 Å². The fourth-order valence-corrected chi connectivity index (χ4v) is 3.31. The summed E-state index contributed by atoms with van der Waals surface area (Å²) in [6.07, 6.45) is 4.25. The van der Waals surface area contributed by atoms with Gasteiger partial charge in [0.25, 0.3) is 0 Å². The predicted octanol–water partition coefficient (Wildman–Crippen LogP) is 1.04. The van der Waals surface area contributed by atoms with E-state index in [9.17, 15) is 9.59 Å². The number of anilines is 1. The summed E-state index contributed by atoms with van der Waals surface area (Å²) in [5, 5.41) is 15.2. The molecule has 25 heavy (non-hydrogen) atoms. The highest BCUT2D eigenvalue weighted by molar-refractivity contribution is 5.76. The van der Waals surface area contributed by atoms with Crippen molar-refractivity contribution in [2.24, 2.45) is 0 Å². The monoisotopic (exact) mass is 346 g/mol. The van der Waals surface area contributed by atoms with Gasteiger partial charge in [-0.1, -0.05) is 6.07 Å². The van der Waals surface area contributed by atoms with Gasteiger partial charge in [-0.25, -0.2) is 4.98 Å². The molecule has 0 bridgehead atoms. The third kappa shape index (κ3) is 4.48. The van der Waals surface area contributed by atoms with Crippen molar-refractivity contribution in [2.75, 3.05) is 25.0 Å². The maximum absolute atomic E-state index is 12.0. The number of likely N-dealkylation sites (tertiary alicyclic amines) is 1. The smallest absolute Gasteiger partial charge is 0.320 e. The lowest BCUT2D eigenvalue weighted by molar-refractivity contribution is -0.144. The molecule has 3 N–H and O–H groups in total. The number of fused-ring (bicyclic) bond motifs is 1. The number of carboxylic acid groups (broad SMARTS) is 1. The summed E-state index contributed by atoms with van der Waals surface area (Å²) < 4.78 is 0. The van der Waals surface area contributed by atoms with Gasteiger partial charge in [0.15, 0.2) is 0 Å². The first-order valence-corrected chi connectivity index (χ1v) is 9.02. The number of aryl methyl sites for hydroxylation is 2. The van der Waals surface area contributed by atoms with Gasteiger partial charge >= 0.3 is 5.97 Å². The molecule has 136 valence electrons. The SMILES string of the molecule is CC(C(=O)O)N1CC(NC(=O)CCCc2ccc3c(n2)NCCC3)C1. The molecule has 0 spiro atoms. The summed E-state index contributed by atoms with van der Waals surface area (Å²) in [5.41, 5.74) is 2.30. The molecule has 3 rings (SSSR count). The number of nitrogens with one attached hydrogen (secondary N) is 2. The minimum absolute atomic E-state index is 0.0312. The van der Waals surface area contributed by atoms with Crippen molar-refractivity contribution < 1.29 is 14.7 Å². The van der Waals surface area contributed by atoms with Gasteiger partial charge in [0.1, 0.15) is 11.9 Å². The highest BCUT2D eigenvalue weighted by atomic mass is 16.4. The third-order valence-electron chi connectivity index (χ3n) is 4.97. The molecule has 1 saturated heterocycles. The second-order valence-corrected chi connectivity index (χ2v) is 6.93. The van der Waals surface area contributed by atoms with Crippen molar-refractivity contribution >= 4 is 17.7 Å². The third-order valence-corrected chi connectivity index (χ3v) is 4.97. The number of hydrogen-bond acceptors (Lipinski definition) is 5. The summed E-state index contributed by atoms with van der Waals surface area (Å²) >= 11 is 0. The Kier molecular flexibility index (Phi) is 5.53. The molecule has 7 heteroatoms. The number of nitrogens with zero attached hydrogens (tertiary/aromatic N) is 2. The van der Waals surface area contributed by atoms with Gasteiger partial charge in [0.2, 0.25) is 5.91 Å². The van der Waals surface area contributed by atoms with Crippen LogP contribution in [-0.2, 0) is 22.4 Å². The van der Waals surface area contributed by atoms with Crippen LogP contribution >= 0.6 is 0 Å². The molecule has 0 saturated carbocycles. The van der Waals surface area contributed by atoms with Crippen molar-refractivity contribution in [3.8, 4) is 0 Å². The molecular weight excluding hydrogens is 320 g/mol. The Morgan fingerprint density at radius 1 is 1.44 bits per heavy atom. The first-order chi connectivity index (χ1) is 12.0. The lowest BCUT2D eigenvalue weighted by Crippen LogP contribution is -2.62. The molecule has 1 fully saturated rings. The fraction of sp³-hybridized carbons (Fsp3) is 0.611. The maximum atomic E-state index is 12.0. The Balaban J connectivity index is 1.35. The van der Waals surface area contributed by atoms with Crippen LogP contribution in [0.3, 0.4) is 0 Å². The van der Waals surface area contributed by atoms with Crippen molar-refractivity contribution in [3.63, 3.8) is 0 Å². The quantitative estimate of drug-likeness (QED) is 0.683. The van der Waals surface area contributed by atoms with Crippen LogP contribution in [0.25, 0.3) is 0 Å². The van der Waals surface area contributed by atoms with Gasteiger partial charge in [0.05, 0.1) is 6.04 Å². The molecule has 1 amide bonds. The Hall–Kier alpha value is -2.15. The van der Waals surface area contributed by atoms with Gasteiger partial charge in [-0.15, -0.1) is 0 Å². The van der Waals surface area contributed by atoms with Crippen LogP contribution in [0, 0.1) is 0 Å². The van der Waals surface area contributed by atoms with E-state index in [1.54, 1.807) is 6.92 Å². The van der Waals surface area contributed by atoms with E-state index in [2.05, 4.69) is 27.8 Å². The second kappa shape index (κ2) is 7.82. The normalized spacial score (nSPS) is 18.6. The highest BCUT2D eigenvalue weighted by Gasteiger charge is 2.33. The van der Waals surface area contributed by atoms with Crippen LogP contribution < -0.4 is 10.6 Å². The van der Waals surface area contributed by atoms with Crippen molar-refractivity contribution in [2.45, 2.75) is 51.1 Å². The maximum Gasteiger partial charge on any atom is 0.320 e. The molecule has 2 aliphatic rings. The number of rotatable bonds is 7. The number of aliphatic carboxylic acids is 1. The molecule has 0 radical (unpaired) electrons. The molecule has 2 aliphatic heterocycles. The average Bonchev–Trinajstić information content (AvgIpc) is 2.57. The lowest BCUT2D eigenvalue weighted by atomic mass is 10.0. The summed E-state index contributed by atoms with van der Waals surface area (Å²) in [4.78, 5) is 29.4. The van der Waals surface area contributed by atoms with Gasteiger partial charge < -0.3 is 15.7 Å². The molecule has 1 unspecified atom stereocenters. The first kappa shape index (κ1) is 17.7. The number of amides is 1. The zero-order chi connectivity index (χ0) is 17.8. The van der Waals surface area contributed by atoms with E-state index in [-0.39, 0.29) is 11.9 Å². The standard InChI is InChI=1S/C18H26N4O3/c1-12(18(24)25)22-10-15(11-22)20-16(23)6-2-5-14-8-7-13-4-3-9-19-17(13)21-14/h7-8,12,15H,2-6,9-11H2,1H3,(H,19,21)(H,20,23)(H,24,25). The average molecular weight is 346 g/mol.